The number of imidazole rings is 1. The molecule has 0 bridgehead atoms. The molecule has 1 aromatic heterocycles. The molecule has 0 saturated heterocycles. The van der Waals surface area contributed by atoms with Crippen LogP contribution in [0.3, 0.4) is 0 Å². The minimum Gasteiger partial charge on any atom is -0.701 e. The van der Waals surface area contributed by atoms with Crippen molar-refractivity contribution in [2.24, 2.45) is 0 Å². The van der Waals surface area contributed by atoms with Crippen molar-refractivity contribution < 1.29 is 9.22 Å². The summed E-state index contributed by atoms with van der Waals surface area (Å²) in [5.41, 5.74) is 2.45. The van der Waals surface area contributed by atoms with Gasteiger partial charge in [0, 0.05) is 6.42 Å². The number of allylic oxidation sites excluding steroid dienone is 1. The Hall–Kier alpha value is -1.97. The molecule has 1 aliphatic rings. The van der Waals surface area contributed by atoms with E-state index in [1.54, 1.807) is 0 Å². The van der Waals surface area contributed by atoms with Gasteiger partial charge in [-0.05, 0) is 12.1 Å². The number of hydrogen-bond acceptors (Lipinski definition) is 1. The van der Waals surface area contributed by atoms with E-state index >= 15 is 0 Å². The Morgan fingerprint density at radius 1 is 1.29 bits per heavy atom. The number of para-hydroxylation sites is 2. The Bertz CT molecular complexity index is 659. The summed E-state index contributed by atoms with van der Waals surface area (Å²) in [6.07, 6.45) is 8.31. The van der Waals surface area contributed by atoms with Gasteiger partial charge in [-0.2, -0.15) is 0 Å². The first-order chi connectivity index (χ1) is 10.3. The summed E-state index contributed by atoms with van der Waals surface area (Å²) in [7, 11) is 0. The van der Waals surface area contributed by atoms with Gasteiger partial charge in [0.25, 0.3) is 6.35 Å². The molecule has 0 atom stereocenters. The Morgan fingerprint density at radius 2 is 2.05 bits per heavy atom. The molecular weight excluding hydrogens is 259 g/mol. The summed E-state index contributed by atoms with van der Waals surface area (Å²) in [5.74, 6) is 1.00. The summed E-state index contributed by atoms with van der Waals surface area (Å²) in [4.78, 5) is 0. The number of aromatic nitrogens is 2. The van der Waals surface area contributed by atoms with Crippen LogP contribution >= 0.6 is 0 Å². The van der Waals surface area contributed by atoms with E-state index in [2.05, 4.69) is 60.2 Å². The van der Waals surface area contributed by atoms with Crippen LogP contribution in [-0.2, 0) is 6.54 Å². The molecule has 0 radical (unpaired) electrons. The number of hydrogen-bond donors (Lipinski definition) is 0. The molecule has 3 nitrogen and oxygen atoms in total. The van der Waals surface area contributed by atoms with Gasteiger partial charge in [-0.3, -0.25) is 4.57 Å². The normalized spacial score (nSPS) is 15.0. The van der Waals surface area contributed by atoms with Crippen molar-refractivity contribution in [2.45, 2.75) is 39.5 Å². The van der Waals surface area contributed by atoms with Crippen LogP contribution in [0.5, 0.6) is 5.75 Å². The van der Waals surface area contributed by atoms with Crippen molar-refractivity contribution in [3.8, 4) is 11.4 Å². The topological polar surface area (TPSA) is 18.0 Å². The molecule has 2 aromatic rings. The highest BCUT2D eigenvalue weighted by Crippen LogP contribution is 2.31. The molecule has 4 heteroatoms. The first kappa shape index (κ1) is 14.0. The highest BCUT2D eigenvalue weighted by Gasteiger charge is 2.42. The van der Waals surface area contributed by atoms with Crippen LogP contribution in [0.15, 0.2) is 49.3 Å². The zero-order chi connectivity index (χ0) is 14.9. The van der Waals surface area contributed by atoms with E-state index in [0.717, 1.165) is 37.0 Å². The van der Waals surface area contributed by atoms with Gasteiger partial charge in [0.2, 0.25) is 0 Å². The monoisotopic (exact) mass is 282 g/mol. The fraction of sp³-hybridized carbons (Fsp3) is 0.353. The second-order valence-electron chi connectivity index (χ2n) is 5.85. The van der Waals surface area contributed by atoms with E-state index in [1.807, 2.05) is 12.1 Å². The minimum atomic E-state index is -1.02. The Kier molecular flexibility index (Phi) is 3.62. The maximum Gasteiger partial charge on any atom is 0.283 e. The lowest BCUT2D eigenvalue weighted by Gasteiger charge is -2.41. The van der Waals surface area contributed by atoms with Gasteiger partial charge < -0.3 is 4.65 Å². The van der Waals surface area contributed by atoms with E-state index < -0.39 is 6.35 Å². The highest BCUT2D eigenvalue weighted by molar-refractivity contribution is 6.85. The Morgan fingerprint density at radius 3 is 2.76 bits per heavy atom. The first-order valence-electron chi connectivity index (χ1n) is 7.94. The number of fused-ring (bicyclic) bond motifs is 3. The van der Waals surface area contributed by atoms with Gasteiger partial charge in [0.05, 0.1) is 6.54 Å². The van der Waals surface area contributed by atoms with Crippen LogP contribution < -0.4 is 14.9 Å². The predicted octanol–water partition coefficient (Wildman–Crippen LogP) is 2.93. The van der Waals surface area contributed by atoms with E-state index in [0.29, 0.717) is 0 Å². The quantitative estimate of drug-likeness (QED) is 0.468. The average Bonchev–Trinajstić information content (AvgIpc) is 2.97. The Balaban J connectivity index is 2.19. The van der Waals surface area contributed by atoms with Gasteiger partial charge >= 0.3 is 0 Å². The van der Waals surface area contributed by atoms with Crippen molar-refractivity contribution in [2.75, 3.05) is 0 Å². The number of aryl methyl sites for hydroxylation is 1. The van der Waals surface area contributed by atoms with Gasteiger partial charge in [0.1, 0.15) is 23.9 Å². The molecule has 0 spiro atoms. The summed E-state index contributed by atoms with van der Waals surface area (Å²) in [6.45, 7) is 9.26. The molecule has 1 aromatic carbocycles. The molecule has 110 valence electrons. The lowest BCUT2D eigenvalue weighted by molar-refractivity contribution is -0.679. The molecule has 0 amide bonds. The summed E-state index contributed by atoms with van der Waals surface area (Å²) >= 11 is 0. The number of nitrogens with zero attached hydrogens (tertiary/aromatic N) is 2. The van der Waals surface area contributed by atoms with Gasteiger partial charge in [-0.15, -0.1) is 19.2 Å². The summed E-state index contributed by atoms with van der Waals surface area (Å²) in [6, 6.07) is 8.32. The molecule has 0 unspecified atom stereocenters. The maximum absolute atomic E-state index is 6.52. The van der Waals surface area contributed by atoms with Crippen LogP contribution in [0.4, 0.5) is 0 Å². The molecule has 2 heterocycles. The fourth-order valence-corrected chi connectivity index (χ4v) is 3.49. The number of benzene rings is 1. The SMILES string of the molecule is C=CCC[n+]1ccn2c1[B-](CC)(CC)Oc1ccccc1-2. The van der Waals surface area contributed by atoms with Gasteiger partial charge in [-0.1, -0.05) is 32.1 Å². The third-order valence-corrected chi connectivity index (χ3v) is 4.78. The third-order valence-electron chi connectivity index (χ3n) is 4.78. The smallest absolute Gasteiger partial charge is 0.283 e. The minimum absolute atomic E-state index is 0.959. The zero-order valence-corrected chi connectivity index (χ0v) is 13.0. The molecule has 0 saturated carbocycles. The zero-order valence-electron chi connectivity index (χ0n) is 13.0. The molecule has 0 aliphatic carbocycles. The first-order valence-corrected chi connectivity index (χ1v) is 7.94. The molecule has 1 aliphatic heterocycles. The molecule has 21 heavy (non-hydrogen) atoms. The van der Waals surface area contributed by atoms with Gasteiger partial charge in [0.15, 0.2) is 5.69 Å². The Labute approximate surface area is 126 Å². The van der Waals surface area contributed by atoms with Crippen molar-refractivity contribution >= 4 is 12.1 Å². The van der Waals surface area contributed by atoms with E-state index in [-0.39, 0.29) is 0 Å². The third kappa shape index (κ3) is 2.10. The molecule has 3 rings (SSSR count). The van der Waals surface area contributed by atoms with Crippen LogP contribution in [0.25, 0.3) is 5.69 Å². The van der Waals surface area contributed by atoms with Crippen LogP contribution in [-0.4, -0.2) is 10.9 Å². The molecule has 0 N–H and O–H groups in total. The fourth-order valence-electron chi connectivity index (χ4n) is 3.49. The standard InChI is InChI=1S/C17H23BN2O/c1-4-7-12-19-13-14-20-15-10-8-9-11-16(15)21-18(5-2,6-3)17(19)20/h4,8-11,13-14H,1,5-7,12H2,2-3H3. The predicted molar refractivity (Wildman–Crippen MR) is 87.8 cm³/mol. The lowest BCUT2D eigenvalue weighted by atomic mass is 9.35. The van der Waals surface area contributed by atoms with Crippen LogP contribution in [0.1, 0.15) is 20.3 Å². The van der Waals surface area contributed by atoms with E-state index in [1.165, 1.54) is 5.72 Å². The molecular formula is C17H23BN2O. The van der Waals surface area contributed by atoms with Crippen molar-refractivity contribution in [3.63, 3.8) is 0 Å². The maximum atomic E-state index is 6.52. The second kappa shape index (κ2) is 5.43. The van der Waals surface area contributed by atoms with Crippen LogP contribution in [0, 0.1) is 0 Å². The van der Waals surface area contributed by atoms with Crippen molar-refractivity contribution in [3.05, 3.63) is 49.3 Å². The van der Waals surface area contributed by atoms with Crippen LogP contribution in [0.2, 0.25) is 12.6 Å². The second-order valence-corrected chi connectivity index (χ2v) is 5.85. The molecule has 0 fully saturated rings. The summed E-state index contributed by atoms with van der Waals surface area (Å²) in [5, 5.41) is 0. The largest absolute Gasteiger partial charge is 0.701 e. The lowest BCUT2D eigenvalue weighted by Crippen LogP contribution is -2.69. The number of rotatable bonds is 5. The van der Waals surface area contributed by atoms with Crippen molar-refractivity contribution in [1.29, 1.82) is 0 Å². The van der Waals surface area contributed by atoms with Crippen molar-refractivity contribution in [1.82, 2.24) is 4.57 Å². The average molecular weight is 282 g/mol. The van der Waals surface area contributed by atoms with E-state index in [9.17, 15) is 0 Å². The van der Waals surface area contributed by atoms with Gasteiger partial charge in [-0.25, -0.2) is 4.57 Å². The highest BCUT2D eigenvalue weighted by atomic mass is 16.4. The van der Waals surface area contributed by atoms with E-state index in [4.69, 9.17) is 4.65 Å². The summed E-state index contributed by atoms with van der Waals surface area (Å²) < 4.78 is 11.2.